The van der Waals surface area contributed by atoms with Crippen LogP contribution in [-0.4, -0.2) is 59.6 Å². The van der Waals surface area contributed by atoms with Crippen molar-refractivity contribution in [3.8, 4) is 0 Å². The van der Waals surface area contributed by atoms with Gasteiger partial charge >= 0.3 is 0 Å². The molecule has 1 amide bonds. The van der Waals surface area contributed by atoms with Crippen LogP contribution in [0.4, 0.5) is 0 Å². The van der Waals surface area contributed by atoms with Crippen molar-refractivity contribution < 1.29 is 9.53 Å². The summed E-state index contributed by atoms with van der Waals surface area (Å²) in [5, 5.41) is 0. The van der Waals surface area contributed by atoms with Crippen LogP contribution in [0.5, 0.6) is 0 Å². The highest BCUT2D eigenvalue weighted by molar-refractivity contribution is 5.94. The van der Waals surface area contributed by atoms with E-state index in [0.717, 1.165) is 57.4 Å². The summed E-state index contributed by atoms with van der Waals surface area (Å²) in [6, 6.07) is 4.42. The topological polar surface area (TPSA) is 45.7 Å². The molecule has 134 valence electrons. The maximum absolute atomic E-state index is 13.0. The molecule has 2 aliphatic heterocycles. The monoisotopic (exact) mass is 341 g/mol. The number of fused-ring (bicyclic) bond motifs is 1. The van der Waals surface area contributed by atoms with Gasteiger partial charge in [-0.15, -0.1) is 0 Å². The largest absolute Gasteiger partial charge is 0.381 e. The summed E-state index contributed by atoms with van der Waals surface area (Å²) in [4.78, 5) is 21.7. The smallest absolute Gasteiger partial charge is 0.249 e. The molecular weight excluding hydrogens is 314 g/mol. The summed E-state index contributed by atoms with van der Waals surface area (Å²) in [5.74, 6) is 0.680. The maximum Gasteiger partial charge on any atom is 0.249 e. The van der Waals surface area contributed by atoms with Gasteiger partial charge in [0.2, 0.25) is 5.91 Å². The third-order valence-corrected chi connectivity index (χ3v) is 5.98. The first-order valence-corrected chi connectivity index (χ1v) is 9.40. The fourth-order valence-corrected chi connectivity index (χ4v) is 4.71. The Bertz CT molecular complexity index is 646. The van der Waals surface area contributed by atoms with Gasteiger partial charge in [-0.1, -0.05) is 6.08 Å². The Balaban J connectivity index is 1.50. The van der Waals surface area contributed by atoms with E-state index in [2.05, 4.69) is 33.0 Å². The molecular formula is C20H27N3O2. The molecule has 5 heteroatoms. The molecule has 0 spiro atoms. The Morgan fingerprint density at radius 2 is 2.16 bits per heavy atom. The number of piperidine rings is 1. The van der Waals surface area contributed by atoms with Gasteiger partial charge in [0.25, 0.3) is 0 Å². The normalized spacial score (nSPS) is 29.6. The van der Waals surface area contributed by atoms with Crippen LogP contribution in [0, 0.1) is 5.92 Å². The van der Waals surface area contributed by atoms with Gasteiger partial charge in [-0.3, -0.25) is 14.7 Å². The molecule has 3 aliphatic rings. The summed E-state index contributed by atoms with van der Waals surface area (Å²) in [6.07, 6.45) is 10.2. The number of carbonyl (C=O) groups excluding carboxylic acids is 1. The van der Waals surface area contributed by atoms with Gasteiger partial charge < -0.3 is 9.64 Å². The van der Waals surface area contributed by atoms with Crippen LogP contribution >= 0.6 is 0 Å². The van der Waals surface area contributed by atoms with Gasteiger partial charge in [0.05, 0.1) is 12.1 Å². The Labute approximate surface area is 149 Å². The lowest BCUT2D eigenvalue weighted by molar-refractivity contribution is -0.134. The lowest BCUT2D eigenvalue weighted by atomic mass is 9.88. The zero-order chi connectivity index (χ0) is 17.2. The van der Waals surface area contributed by atoms with Crippen molar-refractivity contribution in [1.29, 1.82) is 0 Å². The average Bonchev–Trinajstić information content (AvgIpc) is 3.31. The molecule has 1 aromatic heterocycles. The highest BCUT2D eigenvalue weighted by Gasteiger charge is 2.46. The summed E-state index contributed by atoms with van der Waals surface area (Å²) in [7, 11) is 1.81. The molecule has 0 saturated carbocycles. The average molecular weight is 341 g/mol. The van der Waals surface area contributed by atoms with E-state index in [4.69, 9.17) is 4.74 Å². The fraction of sp³-hybridized carbons (Fsp3) is 0.600. The molecule has 1 aromatic rings. The van der Waals surface area contributed by atoms with E-state index in [-0.39, 0.29) is 18.1 Å². The number of ether oxygens (including phenoxy) is 1. The molecule has 0 radical (unpaired) electrons. The number of nitrogens with zero attached hydrogens (tertiary/aromatic N) is 3. The third kappa shape index (κ3) is 3.35. The van der Waals surface area contributed by atoms with Crippen LogP contribution < -0.4 is 0 Å². The predicted octanol–water partition coefficient (Wildman–Crippen LogP) is 2.24. The SMILES string of the molecule is CO[C@@H]1CCN(C(=O)C2=CCCC2)[C@H]2CN(Cc3ccncc3)C[C@@H]12. The number of carbonyl (C=O) groups is 1. The van der Waals surface area contributed by atoms with E-state index in [0.29, 0.717) is 5.92 Å². The fourth-order valence-electron chi connectivity index (χ4n) is 4.71. The van der Waals surface area contributed by atoms with E-state index in [1.807, 2.05) is 19.5 Å². The van der Waals surface area contributed by atoms with E-state index < -0.39 is 0 Å². The first kappa shape index (κ1) is 16.7. The molecule has 2 fully saturated rings. The van der Waals surface area contributed by atoms with Gasteiger partial charge in [0, 0.05) is 57.2 Å². The minimum atomic E-state index is 0.258. The highest BCUT2D eigenvalue weighted by Crippen LogP contribution is 2.35. The van der Waals surface area contributed by atoms with E-state index in [9.17, 15) is 4.79 Å². The molecule has 0 bridgehead atoms. The molecule has 3 atom stereocenters. The lowest BCUT2D eigenvalue weighted by Gasteiger charge is -2.41. The molecule has 0 N–H and O–H groups in total. The van der Waals surface area contributed by atoms with Crippen molar-refractivity contribution in [3.05, 3.63) is 41.7 Å². The van der Waals surface area contributed by atoms with Gasteiger partial charge in [0.15, 0.2) is 0 Å². The van der Waals surface area contributed by atoms with Crippen molar-refractivity contribution in [2.24, 2.45) is 5.92 Å². The van der Waals surface area contributed by atoms with E-state index in [1.54, 1.807) is 0 Å². The first-order chi connectivity index (χ1) is 12.3. The Kier molecular flexibility index (Phi) is 4.86. The van der Waals surface area contributed by atoms with Gasteiger partial charge in [-0.2, -0.15) is 0 Å². The zero-order valence-electron chi connectivity index (χ0n) is 14.9. The Morgan fingerprint density at radius 1 is 1.32 bits per heavy atom. The number of methoxy groups -OCH3 is 1. The number of hydrogen-bond donors (Lipinski definition) is 0. The molecule has 3 heterocycles. The van der Waals surface area contributed by atoms with Crippen LogP contribution in [0.1, 0.15) is 31.2 Å². The second kappa shape index (κ2) is 7.26. The number of hydrogen-bond acceptors (Lipinski definition) is 4. The summed E-state index contributed by atoms with van der Waals surface area (Å²) < 4.78 is 5.77. The van der Waals surface area contributed by atoms with Gasteiger partial charge in [0.1, 0.15) is 0 Å². The van der Waals surface area contributed by atoms with Crippen molar-refractivity contribution in [3.63, 3.8) is 0 Å². The van der Waals surface area contributed by atoms with Gasteiger partial charge in [-0.05, 0) is 43.4 Å². The van der Waals surface area contributed by atoms with Gasteiger partial charge in [-0.25, -0.2) is 0 Å². The lowest BCUT2D eigenvalue weighted by Crippen LogP contribution is -2.53. The molecule has 0 aromatic carbocycles. The standard InChI is InChI=1S/C20H27N3O2/c1-25-19-8-11-23(20(24)16-4-2-3-5-16)18-14-22(13-17(18)19)12-15-6-9-21-10-7-15/h4,6-7,9-10,17-19H,2-3,5,8,11-14H2,1H3/t17-,18+,19-/m1/s1. The minimum absolute atomic E-state index is 0.258. The number of rotatable bonds is 4. The summed E-state index contributed by atoms with van der Waals surface area (Å²) in [5.41, 5.74) is 2.31. The van der Waals surface area contributed by atoms with Crippen molar-refractivity contribution in [2.45, 2.75) is 44.4 Å². The van der Waals surface area contributed by atoms with Crippen LogP contribution in [0.15, 0.2) is 36.2 Å². The highest BCUT2D eigenvalue weighted by atomic mass is 16.5. The quantitative estimate of drug-likeness (QED) is 0.843. The van der Waals surface area contributed by atoms with Crippen LogP contribution in [0.2, 0.25) is 0 Å². The van der Waals surface area contributed by atoms with Crippen molar-refractivity contribution in [1.82, 2.24) is 14.8 Å². The van der Waals surface area contributed by atoms with Crippen LogP contribution in [0.3, 0.4) is 0 Å². The third-order valence-electron chi connectivity index (χ3n) is 5.98. The van der Waals surface area contributed by atoms with Crippen molar-refractivity contribution in [2.75, 3.05) is 26.7 Å². The van der Waals surface area contributed by atoms with Crippen molar-refractivity contribution >= 4 is 5.91 Å². The van der Waals surface area contributed by atoms with E-state index in [1.165, 1.54) is 5.56 Å². The maximum atomic E-state index is 13.0. The van der Waals surface area contributed by atoms with Crippen LogP contribution in [0.25, 0.3) is 0 Å². The Hall–Kier alpha value is -1.72. The number of likely N-dealkylation sites (tertiary alicyclic amines) is 2. The predicted molar refractivity (Wildman–Crippen MR) is 95.9 cm³/mol. The Morgan fingerprint density at radius 3 is 2.88 bits per heavy atom. The second-order valence-electron chi connectivity index (χ2n) is 7.46. The summed E-state index contributed by atoms with van der Waals surface area (Å²) >= 11 is 0. The first-order valence-electron chi connectivity index (χ1n) is 9.40. The molecule has 4 rings (SSSR count). The minimum Gasteiger partial charge on any atom is -0.381 e. The number of pyridine rings is 1. The summed E-state index contributed by atoms with van der Waals surface area (Å²) in [6.45, 7) is 3.66. The number of aromatic nitrogens is 1. The molecule has 5 nitrogen and oxygen atoms in total. The molecule has 1 aliphatic carbocycles. The molecule has 25 heavy (non-hydrogen) atoms. The van der Waals surface area contributed by atoms with E-state index >= 15 is 0 Å². The zero-order valence-corrected chi connectivity index (χ0v) is 14.9. The number of allylic oxidation sites excluding steroid dienone is 1. The molecule has 0 unspecified atom stereocenters. The second-order valence-corrected chi connectivity index (χ2v) is 7.46. The van der Waals surface area contributed by atoms with Crippen LogP contribution in [-0.2, 0) is 16.1 Å². The number of amides is 1. The molecule has 2 saturated heterocycles.